The standard InChI is InChI=1S/C35H50N8O2/c1-25-7-6-8-28(24-43(25)30-12-15-41(16-13-30)34(44)45-35(2,3)4)27-10-9-26-11-14-42(23-29(26)21-27)32-22-31(37-33(36)38-32)40-19-17-39(5)18-20-40/h6,8-10,21-22,24-25,30H,7,11-20,23H2,1-5H3,(H2,36,37,38). The number of likely N-dealkylation sites (N-methyl/N-ethyl adjacent to an activating group) is 1. The average molecular weight is 615 g/mol. The van der Waals surface area contributed by atoms with Gasteiger partial charge in [0.25, 0.3) is 0 Å². The van der Waals surface area contributed by atoms with Crippen molar-refractivity contribution in [2.24, 2.45) is 0 Å². The minimum atomic E-state index is -0.474. The van der Waals surface area contributed by atoms with Gasteiger partial charge in [0.05, 0.1) is 0 Å². The molecule has 6 rings (SSSR count). The number of carbonyl (C=O) groups excluding carboxylic acids is 1. The largest absolute Gasteiger partial charge is 0.444 e. The molecule has 1 aromatic heterocycles. The Kier molecular flexibility index (Phi) is 8.95. The quantitative estimate of drug-likeness (QED) is 0.523. The first-order valence-corrected chi connectivity index (χ1v) is 16.6. The van der Waals surface area contributed by atoms with Gasteiger partial charge in [0.15, 0.2) is 0 Å². The number of benzene rings is 1. The number of allylic oxidation sites excluding steroid dienone is 2. The number of likely N-dealkylation sites (tertiary alicyclic amines) is 1. The molecule has 1 atom stereocenters. The summed E-state index contributed by atoms with van der Waals surface area (Å²) in [5.74, 6) is 2.16. The van der Waals surface area contributed by atoms with Crippen molar-refractivity contribution < 1.29 is 9.53 Å². The second-order valence-electron chi connectivity index (χ2n) is 14.1. The van der Waals surface area contributed by atoms with Crippen LogP contribution in [0, 0.1) is 0 Å². The molecule has 0 bridgehead atoms. The van der Waals surface area contributed by atoms with E-state index in [1.165, 1.54) is 22.3 Å². The summed E-state index contributed by atoms with van der Waals surface area (Å²) in [5.41, 5.74) is 11.0. The molecule has 0 radical (unpaired) electrons. The van der Waals surface area contributed by atoms with Gasteiger partial charge < -0.3 is 35.0 Å². The van der Waals surface area contributed by atoms with E-state index in [1.807, 2.05) is 25.7 Å². The van der Waals surface area contributed by atoms with Gasteiger partial charge in [-0.2, -0.15) is 9.97 Å². The molecule has 10 nitrogen and oxygen atoms in total. The number of piperidine rings is 1. The van der Waals surface area contributed by atoms with Gasteiger partial charge in [-0.1, -0.05) is 24.3 Å². The number of hydrogen-bond acceptors (Lipinski definition) is 9. The molecule has 242 valence electrons. The molecule has 2 saturated heterocycles. The van der Waals surface area contributed by atoms with E-state index in [9.17, 15) is 4.79 Å². The van der Waals surface area contributed by atoms with Crippen LogP contribution in [0.2, 0.25) is 0 Å². The van der Waals surface area contributed by atoms with Crippen LogP contribution in [-0.2, 0) is 17.7 Å². The normalized spacial score (nSPS) is 21.8. The summed E-state index contributed by atoms with van der Waals surface area (Å²) in [4.78, 5) is 33.3. The van der Waals surface area contributed by atoms with Crippen LogP contribution in [0.15, 0.2) is 42.6 Å². The average Bonchev–Trinajstić information content (AvgIpc) is 3.21. The molecule has 1 unspecified atom stereocenters. The third kappa shape index (κ3) is 7.38. The lowest BCUT2D eigenvalue weighted by Gasteiger charge is -2.41. The maximum absolute atomic E-state index is 12.6. The lowest BCUT2D eigenvalue weighted by atomic mass is 9.94. The van der Waals surface area contributed by atoms with Crippen molar-refractivity contribution in [3.63, 3.8) is 0 Å². The fourth-order valence-corrected chi connectivity index (χ4v) is 6.89. The Balaban J connectivity index is 1.17. The van der Waals surface area contributed by atoms with Gasteiger partial charge >= 0.3 is 6.09 Å². The highest BCUT2D eigenvalue weighted by Gasteiger charge is 2.31. The van der Waals surface area contributed by atoms with Crippen molar-refractivity contribution in [2.45, 2.75) is 77.6 Å². The van der Waals surface area contributed by atoms with Crippen LogP contribution in [-0.4, -0.2) is 101 Å². The molecular weight excluding hydrogens is 564 g/mol. The number of anilines is 3. The van der Waals surface area contributed by atoms with Crippen LogP contribution in [0.4, 0.5) is 22.4 Å². The molecule has 0 saturated carbocycles. The molecule has 4 aliphatic heterocycles. The number of aromatic nitrogens is 2. The third-order valence-corrected chi connectivity index (χ3v) is 9.53. The molecule has 10 heteroatoms. The summed E-state index contributed by atoms with van der Waals surface area (Å²) in [6.45, 7) is 15.1. The number of nitrogen functional groups attached to an aromatic ring is 1. The molecule has 2 N–H and O–H groups in total. The predicted molar refractivity (Wildman–Crippen MR) is 181 cm³/mol. The Morgan fingerprint density at radius 1 is 0.933 bits per heavy atom. The third-order valence-electron chi connectivity index (χ3n) is 9.53. The molecule has 2 aromatic rings. The van der Waals surface area contributed by atoms with Crippen LogP contribution in [0.1, 0.15) is 63.6 Å². The zero-order valence-corrected chi connectivity index (χ0v) is 27.7. The number of ether oxygens (including phenoxy) is 1. The number of nitrogens with zero attached hydrogens (tertiary/aromatic N) is 7. The monoisotopic (exact) mass is 614 g/mol. The molecule has 1 aromatic carbocycles. The number of amides is 1. The molecule has 2 fully saturated rings. The first kappa shape index (κ1) is 31.2. The Bertz CT molecular complexity index is 1430. The number of carbonyl (C=O) groups is 1. The molecule has 0 aliphatic carbocycles. The van der Waals surface area contributed by atoms with Gasteiger partial charge in [0.2, 0.25) is 5.95 Å². The van der Waals surface area contributed by atoms with Crippen molar-refractivity contribution in [3.8, 4) is 0 Å². The summed E-state index contributed by atoms with van der Waals surface area (Å²) in [6.07, 6.45) is 10.6. The van der Waals surface area contributed by atoms with E-state index >= 15 is 0 Å². The Hall–Kier alpha value is -3.79. The summed E-state index contributed by atoms with van der Waals surface area (Å²) >= 11 is 0. The topological polar surface area (TPSA) is 94.3 Å². The Morgan fingerprint density at radius 3 is 2.36 bits per heavy atom. The van der Waals surface area contributed by atoms with Crippen molar-refractivity contribution in [3.05, 3.63) is 59.3 Å². The summed E-state index contributed by atoms with van der Waals surface area (Å²) in [7, 11) is 2.16. The van der Waals surface area contributed by atoms with Gasteiger partial charge in [0, 0.05) is 76.7 Å². The Morgan fingerprint density at radius 2 is 1.64 bits per heavy atom. The zero-order chi connectivity index (χ0) is 31.7. The van der Waals surface area contributed by atoms with E-state index in [0.717, 1.165) is 89.7 Å². The number of piperazine rings is 1. The maximum Gasteiger partial charge on any atom is 0.410 e. The van der Waals surface area contributed by atoms with Crippen LogP contribution in [0.25, 0.3) is 5.57 Å². The van der Waals surface area contributed by atoms with Crippen LogP contribution in [0.5, 0.6) is 0 Å². The second kappa shape index (κ2) is 12.9. The zero-order valence-electron chi connectivity index (χ0n) is 27.7. The smallest absolute Gasteiger partial charge is 0.410 e. The fourth-order valence-electron chi connectivity index (χ4n) is 6.89. The molecule has 45 heavy (non-hydrogen) atoms. The fraction of sp³-hybridized carbons (Fsp3) is 0.571. The highest BCUT2D eigenvalue weighted by Crippen LogP contribution is 2.32. The lowest BCUT2D eigenvalue weighted by molar-refractivity contribution is 0.0153. The number of nitrogens with two attached hydrogens (primary N) is 1. The van der Waals surface area contributed by atoms with Crippen molar-refractivity contribution >= 4 is 29.3 Å². The highest BCUT2D eigenvalue weighted by atomic mass is 16.6. The van der Waals surface area contributed by atoms with E-state index in [2.05, 4.69) is 86.2 Å². The Labute approximate surface area is 268 Å². The molecular formula is C35H50N8O2. The summed E-state index contributed by atoms with van der Waals surface area (Å²) in [5, 5.41) is 0. The molecule has 1 amide bonds. The maximum atomic E-state index is 12.6. The van der Waals surface area contributed by atoms with Crippen LogP contribution >= 0.6 is 0 Å². The predicted octanol–water partition coefficient (Wildman–Crippen LogP) is 4.76. The molecule has 4 aliphatic rings. The second-order valence-corrected chi connectivity index (χ2v) is 14.1. The van der Waals surface area contributed by atoms with Gasteiger partial charge in [-0.15, -0.1) is 0 Å². The van der Waals surface area contributed by atoms with Crippen molar-refractivity contribution in [1.82, 2.24) is 24.7 Å². The van der Waals surface area contributed by atoms with E-state index in [0.29, 0.717) is 18.0 Å². The summed E-state index contributed by atoms with van der Waals surface area (Å²) < 4.78 is 5.63. The van der Waals surface area contributed by atoms with Gasteiger partial charge in [0.1, 0.15) is 17.2 Å². The first-order valence-electron chi connectivity index (χ1n) is 16.6. The van der Waals surface area contributed by atoms with E-state index in [4.69, 9.17) is 10.5 Å². The van der Waals surface area contributed by atoms with E-state index < -0.39 is 5.60 Å². The van der Waals surface area contributed by atoms with Gasteiger partial charge in [-0.3, -0.25) is 0 Å². The van der Waals surface area contributed by atoms with Crippen molar-refractivity contribution in [2.75, 3.05) is 68.4 Å². The minimum absolute atomic E-state index is 0.203. The van der Waals surface area contributed by atoms with E-state index in [1.54, 1.807) is 0 Å². The number of fused-ring (bicyclic) bond motifs is 1. The van der Waals surface area contributed by atoms with Gasteiger partial charge in [-0.25, -0.2) is 4.79 Å². The van der Waals surface area contributed by atoms with Crippen LogP contribution in [0.3, 0.4) is 0 Å². The number of rotatable bonds is 4. The molecule has 5 heterocycles. The number of hydrogen-bond donors (Lipinski definition) is 1. The SMILES string of the molecule is CC1CC=CC(c2ccc3c(c2)CN(c2cc(N4CCN(C)CC4)nc(N)n2)CC3)=CN1C1CCN(C(=O)OC(C)(C)C)CC1. The highest BCUT2D eigenvalue weighted by molar-refractivity contribution is 5.75. The minimum Gasteiger partial charge on any atom is -0.444 e. The summed E-state index contributed by atoms with van der Waals surface area (Å²) in [6, 6.07) is 9.84. The lowest BCUT2D eigenvalue weighted by Crippen LogP contribution is -2.48. The molecule has 0 spiro atoms. The van der Waals surface area contributed by atoms with Gasteiger partial charge in [-0.05, 0) is 88.8 Å². The van der Waals surface area contributed by atoms with Crippen LogP contribution < -0.4 is 15.5 Å². The van der Waals surface area contributed by atoms with Crippen molar-refractivity contribution in [1.29, 1.82) is 0 Å². The van der Waals surface area contributed by atoms with E-state index in [-0.39, 0.29) is 6.09 Å². The first-order chi connectivity index (χ1) is 21.5.